The van der Waals surface area contributed by atoms with Crippen molar-refractivity contribution in [3.05, 3.63) is 82.4 Å². The number of hydrogen-bond acceptors (Lipinski definition) is 4. The van der Waals surface area contributed by atoms with Crippen LogP contribution in [0.5, 0.6) is 0 Å². The maximum absolute atomic E-state index is 13.8. The number of aromatic nitrogens is 1. The highest BCUT2D eigenvalue weighted by Gasteiger charge is 2.20. The predicted molar refractivity (Wildman–Crippen MR) is 112 cm³/mol. The summed E-state index contributed by atoms with van der Waals surface area (Å²) < 4.78 is 27.1. The van der Waals surface area contributed by atoms with Gasteiger partial charge in [-0.05, 0) is 48.7 Å². The van der Waals surface area contributed by atoms with Gasteiger partial charge in [-0.1, -0.05) is 23.8 Å². The number of carbonyl (C=O) groups excluding carboxylic acids is 1. The third kappa shape index (κ3) is 4.05. The molecule has 1 N–H and O–H groups in total. The summed E-state index contributed by atoms with van der Waals surface area (Å²) in [6.07, 6.45) is 2.77. The quantitative estimate of drug-likeness (QED) is 0.629. The van der Waals surface area contributed by atoms with Gasteiger partial charge in [0.25, 0.3) is 5.91 Å². The highest BCUT2D eigenvalue weighted by atomic mass is 32.1. The Kier molecular flexibility index (Phi) is 5.40. The molecule has 2 heterocycles. The molecule has 0 saturated carbocycles. The van der Waals surface area contributed by atoms with Crippen molar-refractivity contribution < 1.29 is 13.6 Å². The first-order chi connectivity index (χ1) is 14.0. The summed E-state index contributed by atoms with van der Waals surface area (Å²) >= 11 is 1.62. The third-order valence-electron chi connectivity index (χ3n) is 5.00. The van der Waals surface area contributed by atoms with E-state index in [4.69, 9.17) is 0 Å². The third-order valence-corrected chi connectivity index (χ3v) is 5.83. The molecule has 1 aliphatic rings. The van der Waals surface area contributed by atoms with Crippen LogP contribution >= 0.6 is 11.3 Å². The number of thiazole rings is 1. The largest absolute Gasteiger partial charge is 0.343 e. The Hall–Kier alpha value is -3.06. The molecule has 3 aromatic rings. The Bertz CT molecular complexity index is 1060. The molecule has 0 aliphatic carbocycles. The molecule has 1 aliphatic heterocycles. The van der Waals surface area contributed by atoms with Crippen molar-refractivity contribution in [2.24, 2.45) is 0 Å². The van der Waals surface area contributed by atoms with Gasteiger partial charge in [0.2, 0.25) is 0 Å². The lowest BCUT2D eigenvalue weighted by atomic mass is 9.95. The summed E-state index contributed by atoms with van der Waals surface area (Å²) in [6.45, 7) is 3.85. The fourth-order valence-corrected chi connectivity index (χ4v) is 4.03. The molecular weight excluding hydrogens is 392 g/mol. The Morgan fingerprint density at radius 1 is 1.17 bits per heavy atom. The second-order valence-electron chi connectivity index (χ2n) is 6.88. The summed E-state index contributed by atoms with van der Waals surface area (Å²) in [5, 5.41) is 5.60. The molecule has 4 rings (SSSR count). The Morgan fingerprint density at radius 3 is 2.69 bits per heavy atom. The van der Waals surface area contributed by atoms with E-state index in [1.165, 1.54) is 23.3 Å². The number of halogens is 2. The van der Waals surface area contributed by atoms with Crippen LogP contribution in [0.3, 0.4) is 0 Å². The summed E-state index contributed by atoms with van der Waals surface area (Å²) in [5.74, 6) is -2.87. The molecule has 0 fully saturated rings. The first kappa shape index (κ1) is 19.3. The van der Waals surface area contributed by atoms with Gasteiger partial charge in [0.1, 0.15) is 0 Å². The van der Waals surface area contributed by atoms with Crippen LogP contribution in [0.2, 0.25) is 0 Å². The monoisotopic (exact) mass is 411 g/mol. The number of nitrogens with one attached hydrogen (secondary N) is 1. The Balaban J connectivity index is 1.50. The number of rotatable bonds is 4. The van der Waals surface area contributed by atoms with Gasteiger partial charge in [-0.3, -0.25) is 4.79 Å². The molecule has 0 unspecified atom stereocenters. The van der Waals surface area contributed by atoms with E-state index in [-0.39, 0.29) is 5.56 Å². The highest BCUT2D eigenvalue weighted by Crippen LogP contribution is 2.31. The van der Waals surface area contributed by atoms with Crippen molar-refractivity contribution in [1.82, 2.24) is 4.98 Å². The van der Waals surface area contributed by atoms with E-state index in [2.05, 4.69) is 22.1 Å². The fourth-order valence-electron chi connectivity index (χ4n) is 3.36. The summed E-state index contributed by atoms with van der Waals surface area (Å²) in [5.41, 5.74) is 3.84. The van der Waals surface area contributed by atoms with E-state index >= 15 is 0 Å². The Morgan fingerprint density at radius 2 is 1.97 bits per heavy atom. The van der Waals surface area contributed by atoms with E-state index in [0.717, 1.165) is 36.3 Å². The van der Waals surface area contributed by atoms with Crippen LogP contribution in [-0.2, 0) is 0 Å². The molecule has 4 nitrogen and oxygen atoms in total. The number of amides is 1. The van der Waals surface area contributed by atoms with Crippen molar-refractivity contribution in [2.45, 2.75) is 13.3 Å². The van der Waals surface area contributed by atoms with E-state index in [1.807, 2.05) is 23.7 Å². The summed E-state index contributed by atoms with van der Waals surface area (Å²) in [7, 11) is 0. The molecular formula is C22H19F2N3OS. The first-order valence-electron chi connectivity index (χ1n) is 9.22. The summed E-state index contributed by atoms with van der Waals surface area (Å²) in [6, 6.07) is 11.0. The topological polar surface area (TPSA) is 45.2 Å². The molecule has 7 heteroatoms. The average molecular weight is 411 g/mol. The average Bonchev–Trinajstić information content (AvgIpc) is 3.26. The molecule has 0 saturated heterocycles. The van der Waals surface area contributed by atoms with Crippen molar-refractivity contribution in [3.8, 4) is 0 Å². The van der Waals surface area contributed by atoms with Crippen molar-refractivity contribution in [1.29, 1.82) is 0 Å². The van der Waals surface area contributed by atoms with Crippen LogP contribution < -0.4 is 10.2 Å². The molecule has 29 heavy (non-hydrogen) atoms. The van der Waals surface area contributed by atoms with Crippen molar-refractivity contribution in [3.63, 3.8) is 0 Å². The maximum Gasteiger partial charge on any atom is 0.258 e. The number of carbonyl (C=O) groups is 1. The van der Waals surface area contributed by atoms with Crippen LogP contribution in [0.4, 0.5) is 19.6 Å². The van der Waals surface area contributed by atoms with Gasteiger partial charge in [-0.25, -0.2) is 13.8 Å². The van der Waals surface area contributed by atoms with Crippen LogP contribution in [0, 0.1) is 11.6 Å². The molecule has 1 aromatic heterocycles. The molecule has 0 bridgehead atoms. The normalized spacial score (nSPS) is 14.2. The minimum absolute atomic E-state index is 0.320. The van der Waals surface area contributed by atoms with Gasteiger partial charge < -0.3 is 10.2 Å². The van der Waals surface area contributed by atoms with E-state index < -0.39 is 17.5 Å². The minimum Gasteiger partial charge on any atom is -0.343 e. The second kappa shape index (κ2) is 8.13. The van der Waals surface area contributed by atoms with Crippen LogP contribution in [-0.4, -0.2) is 24.0 Å². The lowest BCUT2D eigenvalue weighted by Crippen LogP contribution is -2.30. The zero-order valence-electron chi connectivity index (χ0n) is 15.8. The predicted octanol–water partition coefficient (Wildman–Crippen LogP) is 5.36. The van der Waals surface area contributed by atoms with Gasteiger partial charge in [0.15, 0.2) is 16.8 Å². The van der Waals surface area contributed by atoms with Gasteiger partial charge in [-0.2, -0.15) is 0 Å². The molecule has 1 amide bonds. The molecule has 0 radical (unpaired) electrons. The highest BCUT2D eigenvalue weighted by molar-refractivity contribution is 7.13. The smallest absolute Gasteiger partial charge is 0.258 e. The van der Waals surface area contributed by atoms with E-state index in [0.29, 0.717) is 5.69 Å². The Labute approximate surface area is 171 Å². The van der Waals surface area contributed by atoms with Gasteiger partial charge >= 0.3 is 0 Å². The van der Waals surface area contributed by atoms with Crippen LogP contribution in [0.25, 0.3) is 5.57 Å². The SMILES string of the molecule is CC1=C(c2ccc(NC(=O)c3cccc(F)c3F)cc2)CN(c2nccs2)CC1. The minimum atomic E-state index is -1.15. The zero-order chi connectivity index (χ0) is 20.4. The van der Waals surface area contributed by atoms with Crippen molar-refractivity contribution in [2.75, 3.05) is 23.3 Å². The standard InChI is InChI=1S/C22H19F2N3OS/c1-14-9-11-27(22-25-10-12-29-22)13-18(14)15-5-7-16(8-6-15)26-21(28)17-3-2-4-19(23)20(17)24/h2-8,10,12H,9,11,13H2,1H3,(H,26,28). The van der Waals surface area contributed by atoms with Crippen LogP contribution in [0.15, 0.2) is 59.6 Å². The van der Waals surface area contributed by atoms with Gasteiger partial charge in [-0.15, -0.1) is 11.3 Å². The zero-order valence-corrected chi connectivity index (χ0v) is 16.6. The van der Waals surface area contributed by atoms with E-state index in [9.17, 15) is 13.6 Å². The number of hydrogen-bond donors (Lipinski definition) is 1. The molecule has 2 aromatic carbocycles. The molecule has 0 spiro atoms. The van der Waals surface area contributed by atoms with Gasteiger partial charge in [0.05, 0.1) is 5.56 Å². The lowest BCUT2D eigenvalue weighted by Gasteiger charge is -2.30. The molecule has 0 atom stereocenters. The van der Waals surface area contributed by atoms with Crippen molar-refractivity contribution >= 4 is 33.6 Å². The molecule has 148 valence electrons. The summed E-state index contributed by atoms with van der Waals surface area (Å²) in [4.78, 5) is 18.9. The number of nitrogens with zero attached hydrogens (tertiary/aromatic N) is 2. The second-order valence-corrected chi connectivity index (χ2v) is 7.75. The van der Waals surface area contributed by atoms with Gasteiger partial charge in [0, 0.05) is 30.4 Å². The van der Waals surface area contributed by atoms with Crippen LogP contribution in [0.1, 0.15) is 29.3 Å². The number of benzene rings is 2. The van der Waals surface area contributed by atoms with E-state index in [1.54, 1.807) is 23.5 Å². The fraction of sp³-hybridized carbons (Fsp3) is 0.182. The number of anilines is 2. The lowest BCUT2D eigenvalue weighted by molar-refractivity contribution is 0.102. The first-order valence-corrected chi connectivity index (χ1v) is 10.1. The maximum atomic E-state index is 13.8.